The first kappa shape index (κ1) is 15.2. The highest BCUT2D eigenvalue weighted by molar-refractivity contribution is 6.19. The van der Waals surface area contributed by atoms with Crippen LogP contribution < -0.4 is 0 Å². The molecule has 2 aromatic rings. The first-order valence-electron chi connectivity index (χ1n) is 9.12. The molecule has 0 unspecified atom stereocenters. The molecule has 0 radical (unpaired) electrons. The molecule has 4 heterocycles. The Morgan fingerprint density at radius 2 is 1.00 bits per heavy atom. The lowest BCUT2D eigenvalue weighted by Gasteiger charge is -2.22. The number of carbonyl (C=O) groups is 2. The van der Waals surface area contributed by atoms with Gasteiger partial charge in [-0.3, -0.25) is 19.4 Å². The maximum absolute atomic E-state index is 13.1. The topological polar surface area (TPSA) is 40.6 Å². The van der Waals surface area contributed by atoms with Crippen molar-refractivity contribution in [1.29, 1.82) is 0 Å². The van der Waals surface area contributed by atoms with E-state index in [0.29, 0.717) is 11.1 Å². The van der Waals surface area contributed by atoms with E-state index in [2.05, 4.69) is 0 Å². The lowest BCUT2D eigenvalue weighted by molar-refractivity contribution is -0.123. The Morgan fingerprint density at radius 1 is 0.571 bits per heavy atom. The van der Waals surface area contributed by atoms with Crippen molar-refractivity contribution in [2.75, 3.05) is 0 Å². The minimum absolute atomic E-state index is 0.168. The Morgan fingerprint density at radius 3 is 1.46 bits per heavy atom. The molecule has 2 amide bonds. The normalized spacial score (nSPS) is 21.3. The molecule has 0 aromatic heterocycles. The van der Waals surface area contributed by atoms with Crippen molar-refractivity contribution in [2.45, 2.75) is 0 Å². The third kappa shape index (κ3) is 1.89. The number of fused-ring (bicyclic) bond motifs is 6. The molecule has 0 bridgehead atoms. The third-order valence-corrected chi connectivity index (χ3v) is 5.55. The molecular formula is C24H14N2O2. The monoisotopic (exact) mass is 362 g/mol. The van der Waals surface area contributed by atoms with Gasteiger partial charge < -0.3 is 0 Å². The fourth-order valence-corrected chi connectivity index (χ4v) is 4.17. The van der Waals surface area contributed by atoms with Crippen LogP contribution >= 0.6 is 0 Å². The zero-order valence-electron chi connectivity index (χ0n) is 14.8. The predicted molar refractivity (Wildman–Crippen MR) is 108 cm³/mol. The molecule has 0 saturated heterocycles. The minimum atomic E-state index is -0.168. The van der Waals surface area contributed by atoms with Gasteiger partial charge in [0, 0.05) is 23.5 Å². The number of hydrogen-bond donors (Lipinski definition) is 0. The maximum atomic E-state index is 13.1. The van der Waals surface area contributed by atoms with E-state index in [1.165, 1.54) is 0 Å². The summed E-state index contributed by atoms with van der Waals surface area (Å²) in [5.41, 5.74) is 6.63. The Bertz CT molecular complexity index is 1160. The molecule has 4 aliphatic rings. The lowest BCUT2D eigenvalue weighted by Crippen LogP contribution is -2.25. The van der Waals surface area contributed by atoms with Crippen molar-refractivity contribution >= 4 is 35.4 Å². The molecule has 4 heteroatoms. The molecule has 6 rings (SSSR count). The van der Waals surface area contributed by atoms with Crippen LogP contribution in [0.5, 0.6) is 0 Å². The van der Waals surface area contributed by atoms with Gasteiger partial charge in [0.05, 0.1) is 22.5 Å². The van der Waals surface area contributed by atoms with E-state index in [9.17, 15) is 9.59 Å². The minimum Gasteiger partial charge on any atom is -0.283 e. The van der Waals surface area contributed by atoms with Crippen LogP contribution in [0.25, 0.3) is 23.5 Å². The Hall–Kier alpha value is -3.92. The molecule has 4 aliphatic heterocycles. The van der Waals surface area contributed by atoms with Gasteiger partial charge in [-0.15, -0.1) is 0 Å². The average Bonchev–Trinajstić information content (AvgIpc) is 3.25. The molecule has 0 atom stereocenters. The first-order valence-corrected chi connectivity index (χ1v) is 9.12. The molecule has 28 heavy (non-hydrogen) atoms. The zero-order valence-corrected chi connectivity index (χ0v) is 14.8. The summed E-state index contributed by atoms with van der Waals surface area (Å²) < 4.78 is 0. The van der Waals surface area contributed by atoms with Gasteiger partial charge in [0.25, 0.3) is 11.8 Å². The summed E-state index contributed by atoms with van der Waals surface area (Å²) in [5, 5.41) is 0. The molecule has 0 N–H and O–H groups in total. The summed E-state index contributed by atoms with van der Waals surface area (Å²) in [6.45, 7) is 0. The number of rotatable bonds is 0. The summed E-state index contributed by atoms with van der Waals surface area (Å²) in [5.74, 6) is -0.337. The van der Waals surface area contributed by atoms with Crippen molar-refractivity contribution in [2.24, 2.45) is 0 Å². The van der Waals surface area contributed by atoms with E-state index in [1.54, 1.807) is 22.2 Å². The van der Waals surface area contributed by atoms with Crippen LogP contribution in [0.15, 0.2) is 84.2 Å². The van der Waals surface area contributed by atoms with E-state index >= 15 is 0 Å². The second-order valence-corrected chi connectivity index (χ2v) is 7.04. The standard InChI is InChI=1S/C24H14N2O2/c27-23-19(13-21-17-7-3-1-5-15(17)9-11-25(21)23)20-14-22-18-8-4-2-6-16(18)10-12-26(22)24(20)28/h1-14H/b20-19+. The summed E-state index contributed by atoms with van der Waals surface area (Å²) in [6.07, 6.45) is 11.1. The second-order valence-electron chi connectivity index (χ2n) is 7.04. The van der Waals surface area contributed by atoms with Crippen LogP contribution in [-0.2, 0) is 9.59 Å². The Kier molecular flexibility index (Phi) is 2.87. The summed E-state index contributed by atoms with van der Waals surface area (Å²) in [6, 6.07) is 15.9. The summed E-state index contributed by atoms with van der Waals surface area (Å²) in [7, 11) is 0. The van der Waals surface area contributed by atoms with Crippen LogP contribution in [0.2, 0.25) is 0 Å². The van der Waals surface area contributed by atoms with Gasteiger partial charge in [-0.05, 0) is 35.4 Å². The Labute approximate surface area is 161 Å². The van der Waals surface area contributed by atoms with E-state index in [1.807, 2.05) is 72.8 Å². The molecule has 4 nitrogen and oxygen atoms in total. The summed E-state index contributed by atoms with van der Waals surface area (Å²) >= 11 is 0. The molecule has 132 valence electrons. The lowest BCUT2D eigenvalue weighted by atomic mass is 10.0. The fourth-order valence-electron chi connectivity index (χ4n) is 4.17. The van der Waals surface area contributed by atoms with Crippen molar-refractivity contribution in [3.05, 3.63) is 106 Å². The van der Waals surface area contributed by atoms with Gasteiger partial charge in [0.2, 0.25) is 0 Å². The average molecular weight is 362 g/mol. The highest BCUT2D eigenvalue weighted by atomic mass is 16.2. The highest BCUT2D eigenvalue weighted by Crippen LogP contribution is 2.41. The fraction of sp³-hybridized carbons (Fsp3) is 0. The number of benzene rings is 2. The van der Waals surface area contributed by atoms with Gasteiger partial charge in [0.1, 0.15) is 0 Å². The van der Waals surface area contributed by atoms with E-state index < -0.39 is 0 Å². The number of amides is 2. The number of carbonyl (C=O) groups excluding carboxylic acids is 2. The second kappa shape index (κ2) is 5.30. The smallest absolute Gasteiger partial charge is 0.263 e. The molecule has 0 aliphatic carbocycles. The van der Waals surface area contributed by atoms with Crippen LogP contribution in [0.4, 0.5) is 0 Å². The van der Waals surface area contributed by atoms with Gasteiger partial charge in [-0.2, -0.15) is 0 Å². The van der Waals surface area contributed by atoms with Crippen LogP contribution in [0, 0.1) is 0 Å². The highest BCUT2D eigenvalue weighted by Gasteiger charge is 2.38. The number of nitrogens with zero attached hydrogens (tertiary/aromatic N) is 2. The van der Waals surface area contributed by atoms with Gasteiger partial charge in [0.15, 0.2) is 0 Å². The van der Waals surface area contributed by atoms with Gasteiger partial charge in [-0.1, -0.05) is 48.5 Å². The molecule has 0 fully saturated rings. The quantitative estimate of drug-likeness (QED) is 0.664. The molecule has 0 saturated carbocycles. The maximum Gasteiger partial charge on any atom is 0.263 e. The van der Waals surface area contributed by atoms with E-state index in [-0.39, 0.29) is 11.8 Å². The SMILES string of the molecule is O=C1/C(=C2\C=C3c4ccccc4C=CN3C2=O)C=C2c3ccccc3C=CN12. The predicted octanol–water partition coefficient (Wildman–Crippen LogP) is 4.02. The van der Waals surface area contributed by atoms with Gasteiger partial charge in [-0.25, -0.2) is 0 Å². The van der Waals surface area contributed by atoms with Crippen LogP contribution in [-0.4, -0.2) is 21.6 Å². The molecule has 0 spiro atoms. The van der Waals surface area contributed by atoms with E-state index in [0.717, 1.165) is 33.6 Å². The van der Waals surface area contributed by atoms with Gasteiger partial charge >= 0.3 is 0 Å². The van der Waals surface area contributed by atoms with Crippen molar-refractivity contribution in [1.82, 2.24) is 9.80 Å². The largest absolute Gasteiger partial charge is 0.283 e. The van der Waals surface area contributed by atoms with Crippen LogP contribution in [0.1, 0.15) is 22.3 Å². The Balaban J connectivity index is 1.54. The summed E-state index contributed by atoms with van der Waals surface area (Å²) in [4.78, 5) is 29.4. The van der Waals surface area contributed by atoms with Crippen molar-refractivity contribution in [3.63, 3.8) is 0 Å². The zero-order chi connectivity index (χ0) is 18.8. The molecule has 2 aromatic carbocycles. The molecular weight excluding hydrogens is 348 g/mol. The van der Waals surface area contributed by atoms with Crippen molar-refractivity contribution in [3.8, 4) is 0 Å². The van der Waals surface area contributed by atoms with Crippen molar-refractivity contribution < 1.29 is 9.59 Å². The van der Waals surface area contributed by atoms with Crippen LogP contribution in [0.3, 0.4) is 0 Å². The third-order valence-electron chi connectivity index (χ3n) is 5.55. The first-order chi connectivity index (χ1) is 13.7. The number of hydrogen-bond acceptors (Lipinski definition) is 2. The van der Waals surface area contributed by atoms with E-state index in [4.69, 9.17) is 0 Å².